The number of benzene rings is 2. The van der Waals surface area contributed by atoms with Gasteiger partial charge in [0.1, 0.15) is 5.75 Å². The fourth-order valence-electron chi connectivity index (χ4n) is 4.08. The molecule has 168 valence electrons. The number of phenols is 1. The zero-order chi connectivity index (χ0) is 23.0. The molecule has 1 N–H and O–H groups in total. The molecule has 9 nitrogen and oxygen atoms in total. The molecular formula is C23H21N5O4S. The highest BCUT2D eigenvalue weighted by atomic mass is 32.2. The summed E-state index contributed by atoms with van der Waals surface area (Å²) in [5.41, 5.74) is 2.41. The van der Waals surface area contributed by atoms with E-state index in [1.165, 1.54) is 28.6 Å². The van der Waals surface area contributed by atoms with E-state index >= 15 is 0 Å². The van der Waals surface area contributed by atoms with E-state index in [4.69, 9.17) is 15.0 Å². The van der Waals surface area contributed by atoms with Gasteiger partial charge in [0, 0.05) is 30.8 Å². The molecule has 33 heavy (non-hydrogen) atoms. The quantitative estimate of drug-likeness (QED) is 0.626. The first-order valence-corrected chi connectivity index (χ1v) is 12.0. The van der Waals surface area contributed by atoms with Crippen molar-refractivity contribution in [2.45, 2.75) is 11.3 Å². The lowest BCUT2D eigenvalue weighted by atomic mass is 10.1. The van der Waals surface area contributed by atoms with Crippen LogP contribution in [0, 0.1) is 11.3 Å². The van der Waals surface area contributed by atoms with Crippen molar-refractivity contribution in [3.63, 3.8) is 0 Å². The predicted molar refractivity (Wildman–Crippen MR) is 122 cm³/mol. The number of aromatic nitrogens is 2. The first-order chi connectivity index (χ1) is 16.0. The van der Waals surface area contributed by atoms with Crippen molar-refractivity contribution in [2.75, 3.05) is 42.1 Å². The highest BCUT2D eigenvalue weighted by Crippen LogP contribution is 2.39. The molecule has 0 saturated carbocycles. The zero-order valence-corrected chi connectivity index (χ0v) is 18.5. The van der Waals surface area contributed by atoms with E-state index in [1.807, 2.05) is 17.0 Å². The van der Waals surface area contributed by atoms with Gasteiger partial charge in [-0.3, -0.25) is 0 Å². The van der Waals surface area contributed by atoms with E-state index in [9.17, 15) is 13.5 Å². The number of anilines is 2. The summed E-state index contributed by atoms with van der Waals surface area (Å²) in [7, 11) is -3.89. The summed E-state index contributed by atoms with van der Waals surface area (Å²) in [6.07, 6.45) is 0.444. The van der Waals surface area contributed by atoms with Crippen LogP contribution in [0.15, 0.2) is 53.4 Å². The molecule has 3 aromatic rings. The number of nitriles is 1. The highest BCUT2D eigenvalue weighted by molar-refractivity contribution is 7.92. The van der Waals surface area contributed by atoms with Crippen LogP contribution in [-0.2, 0) is 21.2 Å². The molecule has 0 unspecified atom stereocenters. The molecule has 1 fully saturated rings. The molecule has 3 heterocycles. The van der Waals surface area contributed by atoms with Crippen molar-refractivity contribution < 1.29 is 18.3 Å². The smallest absolute Gasteiger partial charge is 0.265 e. The lowest BCUT2D eigenvalue weighted by Crippen LogP contribution is -2.38. The number of rotatable bonds is 4. The van der Waals surface area contributed by atoms with E-state index in [1.54, 1.807) is 18.2 Å². The molecule has 0 radical (unpaired) electrons. The number of ether oxygens (including phenoxy) is 1. The van der Waals surface area contributed by atoms with Crippen LogP contribution in [-0.4, -0.2) is 56.3 Å². The second kappa shape index (κ2) is 8.35. The summed E-state index contributed by atoms with van der Waals surface area (Å²) in [6, 6.07) is 14.6. The number of sulfonamides is 1. The van der Waals surface area contributed by atoms with Gasteiger partial charge in [0.2, 0.25) is 5.95 Å². The molecule has 2 aliphatic rings. The molecule has 2 aromatic carbocycles. The monoisotopic (exact) mass is 463 g/mol. The van der Waals surface area contributed by atoms with Gasteiger partial charge in [-0.2, -0.15) is 10.2 Å². The second-order valence-electron chi connectivity index (χ2n) is 7.79. The van der Waals surface area contributed by atoms with Gasteiger partial charge in [0.25, 0.3) is 10.0 Å². The summed E-state index contributed by atoms with van der Waals surface area (Å²) in [5.74, 6) is 0.874. The number of fused-ring (bicyclic) bond motifs is 1. The largest absolute Gasteiger partial charge is 0.508 e. The summed E-state index contributed by atoms with van der Waals surface area (Å²) in [6.45, 7) is 2.50. The van der Waals surface area contributed by atoms with Crippen LogP contribution in [0.2, 0.25) is 0 Å². The molecule has 10 heteroatoms. The Bertz CT molecular complexity index is 1350. The number of nitrogens with zero attached hydrogens (tertiary/aromatic N) is 5. The van der Waals surface area contributed by atoms with E-state index < -0.39 is 10.0 Å². The van der Waals surface area contributed by atoms with Crippen molar-refractivity contribution in [2.24, 2.45) is 0 Å². The van der Waals surface area contributed by atoms with Crippen LogP contribution in [0.25, 0.3) is 11.3 Å². The lowest BCUT2D eigenvalue weighted by Gasteiger charge is -2.28. The Morgan fingerprint density at radius 2 is 1.79 bits per heavy atom. The molecule has 0 bridgehead atoms. The van der Waals surface area contributed by atoms with E-state index in [2.05, 4.69) is 4.98 Å². The van der Waals surface area contributed by atoms with Crippen molar-refractivity contribution in [1.82, 2.24) is 9.97 Å². The van der Waals surface area contributed by atoms with E-state index in [0.29, 0.717) is 61.3 Å². The van der Waals surface area contributed by atoms with Gasteiger partial charge in [-0.25, -0.2) is 17.7 Å². The van der Waals surface area contributed by atoms with Gasteiger partial charge in [0.15, 0.2) is 5.82 Å². The lowest BCUT2D eigenvalue weighted by molar-refractivity contribution is 0.122. The summed E-state index contributed by atoms with van der Waals surface area (Å²) in [4.78, 5) is 11.5. The van der Waals surface area contributed by atoms with Crippen molar-refractivity contribution in [1.29, 1.82) is 5.26 Å². The zero-order valence-electron chi connectivity index (χ0n) is 17.7. The minimum Gasteiger partial charge on any atom is -0.508 e. The Kier molecular flexibility index (Phi) is 5.36. The van der Waals surface area contributed by atoms with Crippen molar-refractivity contribution >= 4 is 21.8 Å². The summed E-state index contributed by atoms with van der Waals surface area (Å²) >= 11 is 0. The third-order valence-corrected chi connectivity index (χ3v) is 7.56. The molecular weight excluding hydrogens is 442 g/mol. The van der Waals surface area contributed by atoms with Gasteiger partial charge >= 0.3 is 0 Å². The SMILES string of the molecule is N#Cc1ccc(S(=O)(=O)N2CCc3c(-c4cccc(O)c4)nc(N4CCOCC4)nc32)cc1. The maximum atomic E-state index is 13.5. The van der Waals surface area contributed by atoms with Gasteiger partial charge in [-0.1, -0.05) is 12.1 Å². The van der Waals surface area contributed by atoms with Gasteiger partial charge < -0.3 is 14.7 Å². The maximum absolute atomic E-state index is 13.5. The van der Waals surface area contributed by atoms with Crippen LogP contribution in [0.3, 0.4) is 0 Å². The van der Waals surface area contributed by atoms with Gasteiger partial charge in [-0.15, -0.1) is 0 Å². The van der Waals surface area contributed by atoms with Crippen LogP contribution < -0.4 is 9.21 Å². The number of hydrogen-bond acceptors (Lipinski definition) is 8. The maximum Gasteiger partial charge on any atom is 0.265 e. The predicted octanol–water partition coefficient (Wildman–Crippen LogP) is 2.31. The standard InChI is InChI=1S/C23H21N5O4S/c24-15-16-4-6-19(7-5-16)33(30,31)28-9-8-20-21(17-2-1-3-18(29)14-17)25-23(26-22(20)28)27-10-12-32-13-11-27/h1-7,14,29H,8-13H2. The molecule has 2 aliphatic heterocycles. The molecule has 5 rings (SSSR count). The number of phenolic OH excluding ortho intramolecular Hbond substituents is 1. The first-order valence-electron chi connectivity index (χ1n) is 10.5. The average molecular weight is 464 g/mol. The van der Waals surface area contributed by atoms with E-state index in [-0.39, 0.29) is 17.2 Å². The second-order valence-corrected chi connectivity index (χ2v) is 9.65. The normalized spacial score (nSPS) is 15.8. The average Bonchev–Trinajstić information content (AvgIpc) is 3.29. The third-order valence-electron chi connectivity index (χ3n) is 5.76. The van der Waals surface area contributed by atoms with Crippen LogP contribution in [0.1, 0.15) is 11.1 Å². The Morgan fingerprint density at radius 1 is 1.03 bits per heavy atom. The van der Waals surface area contributed by atoms with Crippen LogP contribution >= 0.6 is 0 Å². The topological polar surface area (TPSA) is 120 Å². The number of morpholine rings is 1. The Morgan fingerprint density at radius 3 is 2.48 bits per heavy atom. The first kappa shape index (κ1) is 21.2. The molecule has 0 atom stereocenters. The minimum absolute atomic E-state index is 0.0970. The third kappa shape index (κ3) is 3.86. The van der Waals surface area contributed by atoms with Gasteiger partial charge in [0.05, 0.1) is 35.4 Å². The number of hydrogen-bond donors (Lipinski definition) is 1. The molecule has 0 amide bonds. The van der Waals surface area contributed by atoms with Crippen molar-refractivity contribution in [3.05, 3.63) is 59.7 Å². The Labute approximate surface area is 191 Å². The summed E-state index contributed by atoms with van der Waals surface area (Å²) in [5, 5.41) is 19.0. The van der Waals surface area contributed by atoms with Crippen LogP contribution in [0.5, 0.6) is 5.75 Å². The Hall–Kier alpha value is -3.68. The van der Waals surface area contributed by atoms with Crippen molar-refractivity contribution in [3.8, 4) is 23.1 Å². The molecule has 1 aromatic heterocycles. The molecule has 0 spiro atoms. The molecule has 1 saturated heterocycles. The Balaban J connectivity index is 1.64. The highest BCUT2D eigenvalue weighted by Gasteiger charge is 2.35. The van der Waals surface area contributed by atoms with Crippen LogP contribution in [0.4, 0.5) is 11.8 Å². The molecule has 0 aliphatic carbocycles. The fourth-order valence-corrected chi connectivity index (χ4v) is 5.52. The number of aromatic hydroxyl groups is 1. The fraction of sp³-hybridized carbons (Fsp3) is 0.261. The van der Waals surface area contributed by atoms with E-state index in [0.717, 1.165) is 5.56 Å². The van der Waals surface area contributed by atoms with Gasteiger partial charge in [-0.05, 0) is 42.8 Å². The minimum atomic E-state index is -3.89. The summed E-state index contributed by atoms with van der Waals surface area (Å²) < 4.78 is 33.7.